The van der Waals surface area contributed by atoms with Gasteiger partial charge in [-0.2, -0.15) is 0 Å². The highest BCUT2D eigenvalue weighted by atomic mass is 15.0. The first-order valence-electron chi connectivity index (χ1n) is 5.96. The predicted octanol–water partition coefficient (Wildman–Crippen LogP) is 1.90. The Morgan fingerprint density at radius 3 is 2.89 bits per heavy atom. The third-order valence-electron chi connectivity index (χ3n) is 2.93. The number of pyridine rings is 2. The van der Waals surface area contributed by atoms with Crippen LogP contribution in [-0.4, -0.2) is 20.9 Å². The summed E-state index contributed by atoms with van der Waals surface area (Å²) in [6.07, 6.45) is 6.40. The van der Waals surface area contributed by atoms with E-state index in [9.17, 15) is 0 Å². The summed E-state index contributed by atoms with van der Waals surface area (Å²) in [4.78, 5) is 8.84. The van der Waals surface area contributed by atoms with Gasteiger partial charge in [-0.1, -0.05) is 6.07 Å². The van der Waals surface area contributed by atoms with Crippen LogP contribution in [0.1, 0.15) is 5.69 Å². The summed E-state index contributed by atoms with van der Waals surface area (Å²) in [6, 6.07) is 10.0. The number of nitrogens with two attached hydrogens (primary N) is 1. The third kappa shape index (κ3) is 1.76. The van der Waals surface area contributed by atoms with Gasteiger partial charge in [0, 0.05) is 30.6 Å². The molecule has 3 aromatic rings. The molecule has 0 amide bonds. The van der Waals surface area contributed by atoms with E-state index in [-0.39, 0.29) is 0 Å². The number of rotatable bonds is 3. The van der Waals surface area contributed by atoms with Crippen LogP contribution in [0.15, 0.2) is 48.9 Å². The quantitative estimate of drug-likeness (QED) is 0.758. The Morgan fingerprint density at radius 2 is 2.11 bits per heavy atom. The molecule has 0 aromatic carbocycles. The van der Waals surface area contributed by atoms with E-state index in [4.69, 9.17) is 10.7 Å². The second-order valence-electron chi connectivity index (χ2n) is 4.12. The first-order valence-corrected chi connectivity index (χ1v) is 5.96. The molecule has 0 aliphatic heterocycles. The van der Waals surface area contributed by atoms with E-state index < -0.39 is 0 Å². The zero-order valence-corrected chi connectivity index (χ0v) is 9.95. The van der Waals surface area contributed by atoms with Gasteiger partial charge in [-0.25, -0.2) is 4.98 Å². The SMILES string of the molecule is NCCc1nc(-c2cccnc2)n2ccccc12. The van der Waals surface area contributed by atoms with Crippen LogP contribution < -0.4 is 5.73 Å². The number of hydrogen-bond acceptors (Lipinski definition) is 3. The predicted molar refractivity (Wildman–Crippen MR) is 71.2 cm³/mol. The minimum atomic E-state index is 0.605. The smallest absolute Gasteiger partial charge is 0.146 e. The van der Waals surface area contributed by atoms with Crippen molar-refractivity contribution in [3.63, 3.8) is 0 Å². The molecule has 3 rings (SSSR count). The molecule has 2 N–H and O–H groups in total. The van der Waals surface area contributed by atoms with Gasteiger partial charge in [0.05, 0.1) is 11.2 Å². The molecule has 3 aromatic heterocycles. The standard InChI is InChI=1S/C14H14N4/c15-7-6-12-13-5-1-2-9-18(13)14(17-12)11-4-3-8-16-10-11/h1-5,8-10H,6-7,15H2. The maximum atomic E-state index is 5.64. The summed E-state index contributed by atoms with van der Waals surface area (Å²) in [5.41, 5.74) is 8.81. The monoisotopic (exact) mass is 238 g/mol. The fraction of sp³-hybridized carbons (Fsp3) is 0.143. The summed E-state index contributed by atoms with van der Waals surface area (Å²) in [5, 5.41) is 0. The van der Waals surface area contributed by atoms with Crippen molar-refractivity contribution in [2.75, 3.05) is 6.54 Å². The Morgan fingerprint density at radius 1 is 1.17 bits per heavy atom. The zero-order chi connectivity index (χ0) is 12.4. The van der Waals surface area contributed by atoms with Gasteiger partial charge in [-0.15, -0.1) is 0 Å². The molecule has 0 aliphatic rings. The molecule has 0 radical (unpaired) electrons. The van der Waals surface area contributed by atoms with Gasteiger partial charge in [-0.05, 0) is 30.8 Å². The summed E-state index contributed by atoms with van der Waals surface area (Å²) in [7, 11) is 0. The van der Waals surface area contributed by atoms with Gasteiger partial charge in [0.1, 0.15) is 5.82 Å². The van der Waals surface area contributed by atoms with Crippen LogP contribution in [0.5, 0.6) is 0 Å². The van der Waals surface area contributed by atoms with Crippen molar-refractivity contribution in [3.8, 4) is 11.4 Å². The second-order valence-corrected chi connectivity index (χ2v) is 4.12. The van der Waals surface area contributed by atoms with E-state index in [1.54, 1.807) is 6.20 Å². The Bertz CT molecular complexity index is 658. The Balaban J connectivity index is 2.24. The molecular formula is C14H14N4. The zero-order valence-electron chi connectivity index (χ0n) is 9.95. The summed E-state index contributed by atoms with van der Waals surface area (Å²) < 4.78 is 2.09. The molecule has 0 fully saturated rings. The number of nitrogens with zero attached hydrogens (tertiary/aromatic N) is 3. The van der Waals surface area contributed by atoms with Crippen LogP contribution in [0.3, 0.4) is 0 Å². The molecule has 18 heavy (non-hydrogen) atoms. The van der Waals surface area contributed by atoms with E-state index in [1.807, 2.05) is 36.7 Å². The summed E-state index contributed by atoms with van der Waals surface area (Å²) in [5.74, 6) is 0.919. The third-order valence-corrected chi connectivity index (χ3v) is 2.93. The van der Waals surface area contributed by atoms with Gasteiger partial charge in [0.25, 0.3) is 0 Å². The normalized spacial score (nSPS) is 10.9. The van der Waals surface area contributed by atoms with Gasteiger partial charge in [0.15, 0.2) is 0 Å². The topological polar surface area (TPSA) is 56.2 Å². The number of aromatic nitrogens is 3. The molecule has 0 unspecified atom stereocenters. The fourth-order valence-corrected chi connectivity index (χ4v) is 2.12. The Hall–Kier alpha value is -2.20. The van der Waals surface area contributed by atoms with Crippen LogP contribution in [-0.2, 0) is 6.42 Å². The fourth-order valence-electron chi connectivity index (χ4n) is 2.12. The molecule has 0 aliphatic carbocycles. The average Bonchev–Trinajstić information content (AvgIpc) is 2.80. The summed E-state index contributed by atoms with van der Waals surface area (Å²) >= 11 is 0. The van der Waals surface area contributed by atoms with Crippen LogP contribution in [0.25, 0.3) is 16.9 Å². The van der Waals surface area contributed by atoms with Gasteiger partial charge in [0.2, 0.25) is 0 Å². The molecule has 0 saturated carbocycles. The van der Waals surface area contributed by atoms with Crippen LogP contribution in [0, 0.1) is 0 Å². The van der Waals surface area contributed by atoms with Gasteiger partial charge < -0.3 is 5.73 Å². The number of hydrogen-bond donors (Lipinski definition) is 1. The molecule has 90 valence electrons. The molecule has 0 bridgehead atoms. The molecule has 0 saturated heterocycles. The lowest BCUT2D eigenvalue weighted by Crippen LogP contribution is -2.03. The highest BCUT2D eigenvalue weighted by Crippen LogP contribution is 2.21. The van der Waals surface area contributed by atoms with E-state index in [0.29, 0.717) is 6.54 Å². The van der Waals surface area contributed by atoms with Crippen molar-refractivity contribution < 1.29 is 0 Å². The largest absolute Gasteiger partial charge is 0.330 e. The lowest BCUT2D eigenvalue weighted by Gasteiger charge is -1.99. The second kappa shape index (κ2) is 4.58. The average molecular weight is 238 g/mol. The maximum Gasteiger partial charge on any atom is 0.146 e. The Labute approximate surface area is 105 Å². The van der Waals surface area contributed by atoms with Crippen molar-refractivity contribution in [3.05, 3.63) is 54.6 Å². The van der Waals surface area contributed by atoms with Crippen LogP contribution in [0.2, 0.25) is 0 Å². The van der Waals surface area contributed by atoms with Crippen molar-refractivity contribution in [1.82, 2.24) is 14.4 Å². The molecular weight excluding hydrogens is 224 g/mol. The Kier molecular flexibility index (Phi) is 2.78. The molecule has 3 heterocycles. The van der Waals surface area contributed by atoms with Crippen LogP contribution in [0.4, 0.5) is 0 Å². The maximum absolute atomic E-state index is 5.64. The lowest BCUT2D eigenvalue weighted by molar-refractivity contribution is 0.943. The van der Waals surface area contributed by atoms with E-state index in [1.165, 1.54) is 0 Å². The molecule has 0 atom stereocenters. The van der Waals surface area contributed by atoms with Crippen LogP contribution >= 0.6 is 0 Å². The highest BCUT2D eigenvalue weighted by molar-refractivity contribution is 5.64. The minimum Gasteiger partial charge on any atom is -0.330 e. The van der Waals surface area contributed by atoms with Crippen molar-refractivity contribution in [1.29, 1.82) is 0 Å². The summed E-state index contributed by atoms with van der Waals surface area (Å²) in [6.45, 7) is 0.605. The highest BCUT2D eigenvalue weighted by Gasteiger charge is 2.11. The van der Waals surface area contributed by atoms with Crippen molar-refractivity contribution in [2.24, 2.45) is 5.73 Å². The van der Waals surface area contributed by atoms with Gasteiger partial charge in [-0.3, -0.25) is 9.38 Å². The number of imidazole rings is 1. The first-order chi connectivity index (χ1) is 8.90. The van der Waals surface area contributed by atoms with Crippen molar-refractivity contribution >= 4 is 5.52 Å². The van der Waals surface area contributed by atoms with E-state index in [0.717, 1.165) is 29.0 Å². The van der Waals surface area contributed by atoms with E-state index in [2.05, 4.69) is 15.5 Å². The molecule has 0 spiro atoms. The minimum absolute atomic E-state index is 0.605. The lowest BCUT2D eigenvalue weighted by atomic mass is 10.2. The molecule has 4 heteroatoms. The number of fused-ring (bicyclic) bond motifs is 1. The first kappa shape index (κ1) is 10.9. The van der Waals surface area contributed by atoms with Crippen molar-refractivity contribution in [2.45, 2.75) is 6.42 Å². The van der Waals surface area contributed by atoms with E-state index >= 15 is 0 Å². The van der Waals surface area contributed by atoms with Gasteiger partial charge >= 0.3 is 0 Å². The molecule has 4 nitrogen and oxygen atoms in total.